The topological polar surface area (TPSA) is 108 Å². The van der Waals surface area contributed by atoms with Gasteiger partial charge in [0.25, 0.3) is 0 Å². The van der Waals surface area contributed by atoms with Crippen LogP contribution in [0.1, 0.15) is 38.3 Å². The number of rotatable bonds is 8. The lowest BCUT2D eigenvalue weighted by atomic mass is 9.70. The lowest BCUT2D eigenvalue weighted by Gasteiger charge is -2.38. The molecule has 0 aromatic heterocycles. The van der Waals surface area contributed by atoms with Crippen molar-refractivity contribution in [3.05, 3.63) is 71.8 Å². The van der Waals surface area contributed by atoms with Gasteiger partial charge in [0.15, 0.2) is 0 Å². The molecule has 1 spiro atoms. The van der Waals surface area contributed by atoms with Crippen LogP contribution in [-0.4, -0.2) is 68.5 Å². The van der Waals surface area contributed by atoms with Gasteiger partial charge >= 0.3 is 0 Å². The zero-order valence-corrected chi connectivity index (χ0v) is 24.1. The van der Waals surface area contributed by atoms with E-state index in [9.17, 15) is 19.5 Å². The Balaban J connectivity index is 1.50. The normalized spacial score (nSPS) is 30.2. The molecular formula is C30H36BrN3O5. The molecule has 2 aromatic rings. The predicted molar refractivity (Wildman–Crippen MR) is 150 cm³/mol. The molecule has 3 N–H and O–H groups in total. The summed E-state index contributed by atoms with van der Waals surface area (Å²) in [5, 5.41) is 16.5. The molecule has 3 amide bonds. The molecule has 3 unspecified atom stereocenters. The summed E-state index contributed by atoms with van der Waals surface area (Å²) in [6, 6.07) is 17.5. The van der Waals surface area contributed by atoms with E-state index >= 15 is 0 Å². The number of carbonyl (C=O) groups excluding carboxylic acids is 3. The number of ether oxygens (including phenoxy) is 1. The number of aliphatic hydroxyl groups excluding tert-OH is 1. The monoisotopic (exact) mass is 597 g/mol. The lowest BCUT2D eigenvalue weighted by Crippen LogP contribution is -2.60. The third-order valence-electron chi connectivity index (χ3n) is 8.00. The van der Waals surface area contributed by atoms with Crippen LogP contribution >= 0.6 is 15.9 Å². The Hall–Kier alpha value is -2.75. The largest absolute Gasteiger partial charge is 0.394 e. The summed E-state index contributed by atoms with van der Waals surface area (Å²) in [5.41, 5.74) is 0.162. The van der Waals surface area contributed by atoms with Gasteiger partial charge < -0.3 is 25.4 Å². The number of halogens is 1. The Morgan fingerprint density at radius 1 is 1.08 bits per heavy atom. The highest BCUT2D eigenvalue weighted by atomic mass is 79.9. The number of carbonyl (C=O) groups is 3. The Morgan fingerprint density at radius 3 is 2.28 bits per heavy atom. The molecule has 9 heteroatoms. The van der Waals surface area contributed by atoms with Crippen LogP contribution in [0.15, 0.2) is 60.7 Å². The van der Waals surface area contributed by atoms with E-state index in [0.717, 1.165) is 11.1 Å². The van der Waals surface area contributed by atoms with Gasteiger partial charge in [-0.2, -0.15) is 0 Å². The van der Waals surface area contributed by atoms with Gasteiger partial charge in [-0.3, -0.25) is 14.4 Å². The maximum atomic E-state index is 14.3. The average Bonchev–Trinajstić information content (AvgIpc) is 3.49. The van der Waals surface area contributed by atoms with E-state index < -0.39 is 41.2 Å². The number of likely N-dealkylation sites (tertiary alicyclic amines) is 1. The molecular weight excluding hydrogens is 562 g/mol. The zero-order chi connectivity index (χ0) is 27.9. The van der Waals surface area contributed by atoms with Crippen molar-refractivity contribution in [2.75, 3.05) is 6.61 Å². The first-order valence-corrected chi connectivity index (χ1v) is 14.4. The highest BCUT2D eigenvalue weighted by Crippen LogP contribution is 2.60. The highest BCUT2D eigenvalue weighted by molar-refractivity contribution is 9.09. The number of aliphatic hydroxyl groups is 1. The number of amides is 3. The Bertz CT molecular complexity index is 1220. The Morgan fingerprint density at radius 2 is 1.69 bits per heavy atom. The van der Waals surface area contributed by atoms with Crippen molar-refractivity contribution in [1.29, 1.82) is 0 Å². The number of nitrogens with one attached hydrogen (secondary N) is 2. The van der Waals surface area contributed by atoms with Gasteiger partial charge in [0.2, 0.25) is 17.7 Å². The summed E-state index contributed by atoms with van der Waals surface area (Å²) < 4.78 is 6.56. The molecule has 0 saturated carbocycles. The smallest absolute Gasteiger partial charge is 0.246 e. The van der Waals surface area contributed by atoms with Crippen molar-refractivity contribution in [2.24, 2.45) is 11.8 Å². The summed E-state index contributed by atoms with van der Waals surface area (Å²) in [7, 11) is 0. The molecule has 3 aliphatic heterocycles. The zero-order valence-electron chi connectivity index (χ0n) is 22.5. The number of fused-ring (bicyclic) bond motifs is 1. The van der Waals surface area contributed by atoms with Gasteiger partial charge in [-0.25, -0.2) is 0 Å². The molecule has 3 saturated heterocycles. The number of hydrogen-bond donors (Lipinski definition) is 3. The minimum absolute atomic E-state index is 0.194. The second kappa shape index (κ2) is 10.7. The van der Waals surface area contributed by atoms with Gasteiger partial charge in [-0.05, 0) is 44.7 Å². The van der Waals surface area contributed by atoms with Gasteiger partial charge in [0, 0.05) is 16.9 Å². The third kappa shape index (κ3) is 5.12. The lowest BCUT2D eigenvalue weighted by molar-refractivity contribution is -0.146. The molecule has 3 aliphatic rings. The first-order valence-electron chi connectivity index (χ1n) is 13.5. The first-order chi connectivity index (χ1) is 18.6. The van der Waals surface area contributed by atoms with Crippen molar-refractivity contribution < 1.29 is 24.2 Å². The second-order valence-electron chi connectivity index (χ2n) is 11.9. The summed E-state index contributed by atoms with van der Waals surface area (Å²) in [5.74, 6) is -2.51. The summed E-state index contributed by atoms with van der Waals surface area (Å²) in [6.45, 7) is 5.65. The van der Waals surface area contributed by atoms with Crippen molar-refractivity contribution in [3.63, 3.8) is 0 Å². The van der Waals surface area contributed by atoms with Crippen molar-refractivity contribution in [3.8, 4) is 0 Å². The highest BCUT2D eigenvalue weighted by Gasteiger charge is 2.77. The first kappa shape index (κ1) is 27.8. The summed E-state index contributed by atoms with van der Waals surface area (Å²) >= 11 is 3.70. The van der Waals surface area contributed by atoms with Gasteiger partial charge in [-0.15, -0.1) is 0 Å². The maximum absolute atomic E-state index is 14.3. The van der Waals surface area contributed by atoms with Crippen LogP contribution in [0, 0.1) is 11.8 Å². The van der Waals surface area contributed by atoms with Gasteiger partial charge in [-0.1, -0.05) is 76.6 Å². The molecule has 3 heterocycles. The van der Waals surface area contributed by atoms with E-state index in [1.165, 1.54) is 4.90 Å². The third-order valence-corrected chi connectivity index (χ3v) is 8.85. The van der Waals surface area contributed by atoms with Crippen molar-refractivity contribution >= 4 is 33.7 Å². The Kier molecular flexibility index (Phi) is 7.61. The fourth-order valence-corrected chi connectivity index (χ4v) is 7.48. The van der Waals surface area contributed by atoms with E-state index in [1.807, 2.05) is 81.4 Å². The van der Waals surface area contributed by atoms with E-state index in [2.05, 4.69) is 26.6 Å². The van der Waals surface area contributed by atoms with Crippen LogP contribution in [0.25, 0.3) is 0 Å². The Labute approximate surface area is 237 Å². The number of alkyl halides is 1. The van der Waals surface area contributed by atoms with Crippen molar-refractivity contribution in [1.82, 2.24) is 15.5 Å². The van der Waals surface area contributed by atoms with Gasteiger partial charge in [0.05, 0.1) is 30.6 Å². The van der Waals surface area contributed by atoms with Crippen molar-refractivity contribution in [2.45, 2.75) is 74.3 Å². The fourth-order valence-electron chi connectivity index (χ4n) is 6.54. The molecule has 0 radical (unpaired) electrons. The molecule has 5 rings (SSSR count). The molecule has 2 aromatic carbocycles. The molecule has 2 bridgehead atoms. The van der Waals surface area contributed by atoms with E-state index in [4.69, 9.17) is 4.74 Å². The maximum Gasteiger partial charge on any atom is 0.246 e. The fraction of sp³-hybridized carbons (Fsp3) is 0.500. The van der Waals surface area contributed by atoms with E-state index in [1.54, 1.807) is 0 Å². The second-order valence-corrected chi connectivity index (χ2v) is 13.1. The van der Waals surface area contributed by atoms with Crippen LogP contribution < -0.4 is 10.6 Å². The van der Waals surface area contributed by atoms with Crippen LogP contribution in [0.5, 0.6) is 0 Å². The molecule has 7 atom stereocenters. The van der Waals surface area contributed by atoms with Crippen LogP contribution in [0.2, 0.25) is 0 Å². The predicted octanol–water partition coefficient (Wildman–Crippen LogP) is 2.57. The van der Waals surface area contributed by atoms with Crippen LogP contribution in [-0.2, 0) is 32.1 Å². The summed E-state index contributed by atoms with van der Waals surface area (Å²) in [6.07, 6.45) is 0.249. The summed E-state index contributed by atoms with van der Waals surface area (Å²) in [4.78, 5) is 43.2. The van der Waals surface area contributed by atoms with Crippen LogP contribution in [0.3, 0.4) is 0 Å². The van der Waals surface area contributed by atoms with E-state index in [0.29, 0.717) is 19.4 Å². The average molecular weight is 599 g/mol. The van der Waals surface area contributed by atoms with Crippen LogP contribution in [0.4, 0.5) is 0 Å². The molecule has 8 nitrogen and oxygen atoms in total. The number of benzene rings is 2. The number of nitrogens with zero attached hydrogens (tertiary/aromatic N) is 1. The molecule has 39 heavy (non-hydrogen) atoms. The minimum atomic E-state index is -1.18. The number of hydrogen-bond acceptors (Lipinski definition) is 5. The molecule has 208 valence electrons. The van der Waals surface area contributed by atoms with Gasteiger partial charge in [0.1, 0.15) is 11.6 Å². The van der Waals surface area contributed by atoms with E-state index in [-0.39, 0.29) is 29.2 Å². The molecule has 0 aliphatic carbocycles. The molecule has 3 fully saturated rings. The SMILES string of the molecule is CC(C)(C)NC(=O)C1N([C@@H](CO)Cc2ccccc2)C(=O)[C@@H]2[C@H](C(=O)NCc3ccccc3)[C@H]3OC12CC3Br. The minimum Gasteiger partial charge on any atom is -0.394 e. The quantitative estimate of drug-likeness (QED) is 0.405. The standard InChI is InChI=1S/C30H36BrN3O5/c1-29(2,3)33-27(37)25-30-15-21(31)24(39-30)22(26(36)32-16-19-12-8-5-9-13-19)23(30)28(38)34(25)20(17-35)14-18-10-6-4-7-11-18/h4-13,20-25,35H,14-17H2,1-3H3,(H,32,36)(H,33,37)/t20-,21?,22+,23+,24+,25?,30?/m1/s1.